The number of nitrogens with two attached hydrogens (primary N) is 1. The largest absolute Gasteiger partial charge is 0.466 e. The van der Waals surface area contributed by atoms with Crippen molar-refractivity contribution >= 4 is 11.7 Å². The Hall–Kier alpha value is -1.75. The van der Waals surface area contributed by atoms with E-state index in [0.29, 0.717) is 23.6 Å². The van der Waals surface area contributed by atoms with Crippen LogP contribution < -0.4 is 10.5 Å². The van der Waals surface area contributed by atoms with Crippen molar-refractivity contribution < 1.29 is 19.0 Å². The topological polar surface area (TPSA) is 70.8 Å². The summed E-state index contributed by atoms with van der Waals surface area (Å²) < 4.78 is 15.0. The van der Waals surface area contributed by atoms with E-state index in [1.807, 2.05) is 0 Å². The van der Waals surface area contributed by atoms with E-state index >= 15 is 0 Å². The lowest BCUT2D eigenvalue weighted by molar-refractivity contribution is -0.0172. The molecule has 0 bridgehead atoms. The molecule has 0 unspecified atom stereocenters. The van der Waals surface area contributed by atoms with E-state index in [9.17, 15) is 4.79 Å². The molecule has 0 aliphatic carbocycles. The highest BCUT2D eigenvalue weighted by Gasteiger charge is 2.21. The fourth-order valence-electron chi connectivity index (χ4n) is 1.51. The number of ether oxygens (including phenoxy) is 3. The van der Waals surface area contributed by atoms with Gasteiger partial charge in [-0.05, 0) is 12.1 Å². The summed E-state index contributed by atoms with van der Waals surface area (Å²) in [5, 5.41) is 0. The van der Waals surface area contributed by atoms with E-state index in [-0.39, 0.29) is 6.79 Å². The number of carbonyl (C=O) groups is 1. The summed E-state index contributed by atoms with van der Waals surface area (Å²) in [6.45, 7) is 0.533. The lowest BCUT2D eigenvalue weighted by Crippen LogP contribution is -2.16. The Kier molecular flexibility index (Phi) is 2.47. The van der Waals surface area contributed by atoms with E-state index in [0.717, 1.165) is 5.56 Å². The quantitative estimate of drug-likeness (QED) is 0.550. The molecule has 1 heterocycles. The van der Waals surface area contributed by atoms with Gasteiger partial charge in [0.05, 0.1) is 13.7 Å². The van der Waals surface area contributed by atoms with E-state index < -0.39 is 5.97 Å². The molecule has 0 radical (unpaired) electrons. The van der Waals surface area contributed by atoms with Crippen LogP contribution in [0.1, 0.15) is 15.9 Å². The number of anilines is 1. The first-order valence-corrected chi connectivity index (χ1v) is 4.43. The first kappa shape index (κ1) is 9.79. The fourth-order valence-corrected chi connectivity index (χ4v) is 1.51. The van der Waals surface area contributed by atoms with Crippen molar-refractivity contribution in [3.63, 3.8) is 0 Å². The summed E-state index contributed by atoms with van der Waals surface area (Å²) in [6.07, 6.45) is 0. The summed E-state index contributed by atoms with van der Waals surface area (Å²) in [5.41, 5.74) is 7.25. The molecule has 0 fully saturated rings. The van der Waals surface area contributed by atoms with Crippen LogP contribution in [0.15, 0.2) is 12.1 Å². The maximum absolute atomic E-state index is 11.4. The predicted molar refractivity (Wildman–Crippen MR) is 52.5 cm³/mol. The van der Waals surface area contributed by atoms with Crippen LogP contribution in [-0.4, -0.2) is 19.9 Å². The summed E-state index contributed by atoms with van der Waals surface area (Å²) >= 11 is 0. The predicted octanol–water partition coefficient (Wildman–Crippen LogP) is 0.922. The Morgan fingerprint density at radius 2 is 2.33 bits per heavy atom. The number of methoxy groups -OCH3 is 1. The molecule has 0 atom stereocenters. The SMILES string of the molecule is COC(=O)c1cc(N)cc2c1OCOC2. The second-order valence-corrected chi connectivity index (χ2v) is 3.16. The minimum absolute atomic E-state index is 0.140. The molecule has 80 valence electrons. The number of rotatable bonds is 1. The van der Waals surface area contributed by atoms with Crippen molar-refractivity contribution in [1.82, 2.24) is 0 Å². The maximum atomic E-state index is 11.4. The lowest BCUT2D eigenvalue weighted by Gasteiger charge is -2.20. The third-order valence-corrected chi connectivity index (χ3v) is 2.14. The molecule has 1 aliphatic heterocycles. The van der Waals surface area contributed by atoms with Crippen molar-refractivity contribution in [3.8, 4) is 5.75 Å². The van der Waals surface area contributed by atoms with Gasteiger partial charge in [0.15, 0.2) is 6.79 Å². The Labute approximate surface area is 86.7 Å². The number of esters is 1. The summed E-state index contributed by atoms with van der Waals surface area (Å²) in [7, 11) is 1.32. The molecule has 0 aromatic heterocycles. The van der Waals surface area contributed by atoms with Gasteiger partial charge in [-0.15, -0.1) is 0 Å². The second-order valence-electron chi connectivity index (χ2n) is 3.16. The first-order valence-electron chi connectivity index (χ1n) is 4.43. The molecule has 15 heavy (non-hydrogen) atoms. The van der Waals surface area contributed by atoms with Crippen LogP contribution in [0.2, 0.25) is 0 Å². The first-order chi connectivity index (χ1) is 7.22. The van der Waals surface area contributed by atoms with Crippen molar-refractivity contribution in [1.29, 1.82) is 0 Å². The molecule has 1 aromatic rings. The van der Waals surface area contributed by atoms with Gasteiger partial charge in [0, 0.05) is 11.3 Å². The van der Waals surface area contributed by atoms with Gasteiger partial charge in [-0.25, -0.2) is 4.79 Å². The molecular formula is C10H11NO4. The molecule has 2 rings (SSSR count). The minimum Gasteiger partial charge on any atom is -0.466 e. The molecule has 2 N–H and O–H groups in total. The number of nitrogen functional groups attached to an aromatic ring is 1. The summed E-state index contributed by atoms with van der Waals surface area (Å²) in [4.78, 5) is 11.4. The van der Waals surface area contributed by atoms with E-state index in [1.54, 1.807) is 6.07 Å². The molecule has 0 saturated heterocycles. The monoisotopic (exact) mass is 209 g/mol. The molecule has 1 aromatic carbocycles. The number of benzene rings is 1. The van der Waals surface area contributed by atoms with E-state index in [4.69, 9.17) is 15.2 Å². The normalized spacial score (nSPS) is 13.9. The third kappa shape index (κ3) is 1.73. The molecular weight excluding hydrogens is 198 g/mol. The molecule has 5 heteroatoms. The summed E-state index contributed by atoms with van der Waals surface area (Å²) in [5.74, 6) is 0.0442. The summed E-state index contributed by atoms with van der Waals surface area (Å²) in [6, 6.07) is 3.26. The van der Waals surface area contributed by atoms with Crippen LogP contribution in [0.25, 0.3) is 0 Å². The van der Waals surface area contributed by atoms with Gasteiger partial charge in [0.2, 0.25) is 0 Å². The number of hydrogen-bond donors (Lipinski definition) is 1. The van der Waals surface area contributed by atoms with Gasteiger partial charge in [0.1, 0.15) is 11.3 Å². The second kappa shape index (κ2) is 3.78. The van der Waals surface area contributed by atoms with Gasteiger partial charge in [0.25, 0.3) is 0 Å². The average Bonchev–Trinajstić information content (AvgIpc) is 2.26. The number of carbonyl (C=O) groups excluding carboxylic acids is 1. The zero-order valence-electron chi connectivity index (χ0n) is 8.28. The van der Waals surface area contributed by atoms with Crippen molar-refractivity contribution in [2.24, 2.45) is 0 Å². The number of hydrogen-bond acceptors (Lipinski definition) is 5. The van der Waals surface area contributed by atoms with Gasteiger partial charge in [-0.3, -0.25) is 0 Å². The Morgan fingerprint density at radius 1 is 1.53 bits per heavy atom. The zero-order chi connectivity index (χ0) is 10.8. The Bertz CT molecular complexity index is 403. The zero-order valence-corrected chi connectivity index (χ0v) is 8.28. The van der Waals surface area contributed by atoms with Crippen LogP contribution in [0.3, 0.4) is 0 Å². The Morgan fingerprint density at radius 3 is 3.07 bits per heavy atom. The highest BCUT2D eigenvalue weighted by Crippen LogP contribution is 2.31. The van der Waals surface area contributed by atoms with Crippen molar-refractivity contribution in [2.75, 3.05) is 19.6 Å². The maximum Gasteiger partial charge on any atom is 0.341 e. The molecule has 1 aliphatic rings. The highest BCUT2D eigenvalue weighted by atomic mass is 16.7. The van der Waals surface area contributed by atoms with Crippen LogP contribution in [-0.2, 0) is 16.1 Å². The standard InChI is InChI=1S/C10H11NO4/c1-13-10(12)8-3-7(11)2-6-4-14-5-15-9(6)8/h2-3H,4-5,11H2,1H3. The minimum atomic E-state index is -0.458. The van der Waals surface area contributed by atoms with E-state index in [2.05, 4.69) is 4.74 Å². The van der Waals surface area contributed by atoms with Gasteiger partial charge >= 0.3 is 5.97 Å². The van der Waals surface area contributed by atoms with Crippen LogP contribution in [0, 0.1) is 0 Å². The fraction of sp³-hybridized carbons (Fsp3) is 0.300. The van der Waals surface area contributed by atoms with Gasteiger partial charge in [-0.1, -0.05) is 0 Å². The lowest BCUT2D eigenvalue weighted by atomic mass is 10.1. The van der Waals surface area contributed by atoms with Crippen LogP contribution >= 0.6 is 0 Å². The highest BCUT2D eigenvalue weighted by molar-refractivity contribution is 5.94. The van der Waals surface area contributed by atoms with Crippen molar-refractivity contribution in [3.05, 3.63) is 23.3 Å². The van der Waals surface area contributed by atoms with Crippen molar-refractivity contribution in [2.45, 2.75) is 6.61 Å². The van der Waals surface area contributed by atoms with Crippen LogP contribution in [0.4, 0.5) is 5.69 Å². The van der Waals surface area contributed by atoms with E-state index in [1.165, 1.54) is 13.2 Å². The molecule has 0 spiro atoms. The molecule has 0 saturated carbocycles. The Balaban J connectivity index is 2.52. The molecule has 5 nitrogen and oxygen atoms in total. The average molecular weight is 209 g/mol. The number of fused-ring (bicyclic) bond motifs is 1. The third-order valence-electron chi connectivity index (χ3n) is 2.14. The van der Waals surface area contributed by atoms with Gasteiger partial charge < -0.3 is 19.9 Å². The van der Waals surface area contributed by atoms with Gasteiger partial charge in [-0.2, -0.15) is 0 Å². The van der Waals surface area contributed by atoms with Crippen LogP contribution in [0.5, 0.6) is 5.75 Å². The molecule has 0 amide bonds. The smallest absolute Gasteiger partial charge is 0.341 e.